The van der Waals surface area contributed by atoms with Crippen LogP contribution in [0.4, 0.5) is 5.69 Å². The van der Waals surface area contributed by atoms with Crippen LogP contribution in [0.5, 0.6) is 5.75 Å². The zero-order valence-electron chi connectivity index (χ0n) is 8.27. The molecular formula is C8H10NO6P. The number of nitrogens with zero attached hydrogens (tertiary/aromatic N) is 1. The third-order valence-corrected chi connectivity index (χ3v) is 2.05. The third-order valence-electron chi connectivity index (χ3n) is 1.60. The minimum absolute atomic E-state index is 0.0611. The van der Waals surface area contributed by atoms with Crippen molar-refractivity contribution in [3.63, 3.8) is 0 Å². The molecule has 0 radical (unpaired) electrons. The van der Waals surface area contributed by atoms with Gasteiger partial charge in [-0.25, -0.2) is 4.57 Å². The standard InChI is InChI=1S/C8H10NO6P/c1-6(10)9(11)7-2-4-8(5-3-7)15-16(12,13)14/h2-5,11H,1H3,(H2,12,13,14). The molecule has 0 spiro atoms. The van der Waals surface area contributed by atoms with Crippen LogP contribution in [0, 0.1) is 0 Å². The number of anilines is 1. The first-order valence-electron chi connectivity index (χ1n) is 4.14. The third kappa shape index (κ3) is 3.63. The summed E-state index contributed by atoms with van der Waals surface area (Å²) < 4.78 is 14.8. The maximum atomic E-state index is 10.8. The van der Waals surface area contributed by atoms with Crippen molar-refractivity contribution in [1.82, 2.24) is 0 Å². The van der Waals surface area contributed by atoms with E-state index < -0.39 is 13.7 Å². The summed E-state index contributed by atoms with van der Waals surface area (Å²) in [5, 5.41) is 9.61. The van der Waals surface area contributed by atoms with E-state index in [-0.39, 0.29) is 11.4 Å². The van der Waals surface area contributed by atoms with Crippen LogP contribution < -0.4 is 9.59 Å². The second kappa shape index (κ2) is 4.63. The molecule has 0 aliphatic rings. The van der Waals surface area contributed by atoms with Gasteiger partial charge in [-0.3, -0.25) is 19.8 Å². The number of benzene rings is 1. The Labute approximate surface area is 91.1 Å². The van der Waals surface area contributed by atoms with Crippen molar-refractivity contribution >= 4 is 19.4 Å². The SMILES string of the molecule is CC(=O)N(O)c1ccc(OP(=O)(O)O)cc1. The Hall–Kier alpha value is -1.40. The quantitative estimate of drug-likeness (QED) is 0.416. The lowest BCUT2D eigenvalue weighted by Gasteiger charge is -2.13. The van der Waals surface area contributed by atoms with E-state index in [4.69, 9.17) is 9.79 Å². The van der Waals surface area contributed by atoms with Gasteiger partial charge in [0.1, 0.15) is 5.75 Å². The first-order valence-corrected chi connectivity index (χ1v) is 5.67. The molecule has 1 aromatic carbocycles. The van der Waals surface area contributed by atoms with Crippen molar-refractivity contribution in [1.29, 1.82) is 0 Å². The Morgan fingerprint density at radius 1 is 1.31 bits per heavy atom. The van der Waals surface area contributed by atoms with Gasteiger partial charge in [-0.15, -0.1) is 0 Å². The number of hydroxylamine groups is 1. The van der Waals surface area contributed by atoms with Gasteiger partial charge >= 0.3 is 7.82 Å². The lowest BCUT2D eigenvalue weighted by atomic mass is 10.3. The zero-order valence-corrected chi connectivity index (χ0v) is 9.16. The van der Waals surface area contributed by atoms with Gasteiger partial charge in [-0.1, -0.05) is 0 Å². The Morgan fingerprint density at radius 3 is 2.19 bits per heavy atom. The summed E-state index contributed by atoms with van der Waals surface area (Å²) in [6, 6.07) is 5.01. The maximum absolute atomic E-state index is 10.8. The number of hydrogen-bond acceptors (Lipinski definition) is 4. The number of carbonyl (C=O) groups is 1. The Morgan fingerprint density at radius 2 is 1.81 bits per heavy atom. The molecule has 7 nitrogen and oxygen atoms in total. The highest BCUT2D eigenvalue weighted by Crippen LogP contribution is 2.37. The number of phosphoric acid groups is 1. The molecule has 0 fully saturated rings. The Kier molecular flexibility index (Phi) is 3.66. The van der Waals surface area contributed by atoms with Gasteiger partial charge in [-0.05, 0) is 24.3 Å². The Balaban J connectivity index is 2.83. The van der Waals surface area contributed by atoms with Gasteiger partial charge in [0.25, 0.3) is 0 Å². The molecule has 0 unspecified atom stereocenters. The van der Waals surface area contributed by atoms with E-state index in [0.717, 1.165) is 0 Å². The fourth-order valence-corrected chi connectivity index (χ4v) is 1.36. The van der Waals surface area contributed by atoms with Gasteiger partial charge in [0.05, 0.1) is 5.69 Å². The predicted molar refractivity (Wildman–Crippen MR) is 54.1 cm³/mol. The minimum Gasteiger partial charge on any atom is -0.404 e. The topological polar surface area (TPSA) is 107 Å². The smallest absolute Gasteiger partial charge is 0.404 e. The fraction of sp³-hybridized carbons (Fsp3) is 0.125. The van der Waals surface area contributed by atoms with E-state index in [2.05, 4.69) is 4.52 Å². The molecule has 0 saturated heterocycles. The number of hydrogen-bond donors (Lipinski definition) is 3. The van der Waals surface area contributed by atoms with Crippen molar-refractivity contribution in [2.75, 3.05) is 5.06 Å². The van der Waals surface area contributed by atoms with E-state index in [1.165, 1.54) is 31.2 Å². The van der Waals surface area contributed by atoms with Gasteiger partial charge in [0, 0.05) is 6.92 Å². The molecule has 0 aromatic heterocycles. The van der Waals surface area contributed by atoms with Crippen molar-refractivity contribution in [3.8, 4) is 5.75 Å². The summed E-state index contributed by atoms with van der Waals surface area (Å²) in [7, 11) is -4.59. The highest BCUT2D eigenvalue weighted by molar-refractivity contribution is 7.46. The van der Waals surface area contributed by atoms with Gasteiger partial charge < -0.3 is 4.52 Å². The van der Waals surface area contributed by atoms with E-state index >= 15 is 0 Å². The highest BCUT2D eigenvalue weighted by atomic mass is 31.2. The molecule has 0 saturated carbocycles. The fourth-order valence-electron chi connectivity index (χ4n) is 0.967. The van der Waals surface area contributed by atoms with Gasteiger partial charge in [0.2, 0.25) is 5.91 Å². The molecule has 1 rings (SSSR count). The van der Waals surface area contributed by atoms with Crippen LogP contribution in [-0.4, -0.2) is 20.9 Å². The molecule has 0 heterocycles. The molecule has 88 valence electrons. The monoisotopic (exact) mass is 247 g/mol. The van der Waals surface area contributed by atoms with Crippen molar-refractivity contribution in [2.24, 2.45) is 0 Å². The summed E-state index contributed by atoms with van der Waals surface area (Å²) >= 11 is 0. The molecule has 3 N–H and O–H groups in total. The van der Waals surface area contributed by atoms with Crippen LogP contribution in [-0.2, 0) is 9.36 Å². The number of rotatable bonds is 3. The summed E-state index contributed by atoms with van der Waals surface area (Å²) in [5.41, 5.74) is 0.172. The van der Waals surface area contributed by atoms with Crippen LogP contribution in [0.1, 0.15) is 6.92 Å². The van der Waals surface area contributed by atoms with Crippen LogP contribution in [0.15, 0.2) is 24.3 Å². The van der Waals surface area contributed by atoms with Crippen LogP contribution >= 0.6 is 7.82 Å². The molecule has 0 bridgehead atoms. The second-order valence-corrected chi connectivity index (χ2v) is 4.07. The van der Waals surface area contributed by atoms with Crippen molar-refractivity contribution in [3.05, 3.63) is 24.3 Å². The van der Waals surface area contributed by atoms with E-state index in [1.807, 2.05) is 0 Å². The maximum Gasteiger partial charge on any atom is 0.524 e. The first-order chi connectivity index (χ1) is 7.29. The minimum atomic E-state index is -4.59. The van der Waals surface area contributed by atoms with Crippen LogP contribution in [0.2, 0.25) is 0 Å². The van der Waals surface area contributed by atoms with E-state index in [1.54, 1.807) is 0 Å². The molecule has 0 atom stereocenters. The van der Waals surface area contributed by atoms with E-state index in [9.17, 15) is 14.6 Å². The largest absolute Gasteiger partial charge is 0.524 e. The number of amides is 1. The lowest BCUT2D eigenvalue weighted by molar-refractivity contribution is -0.121. The predicted octanol–water partition coefficient (Wildman–Crippen LogP) is 0.900. The molecule has 0 aliphatic carbocycles. The van der Waals surface area contributed by atoms with Crippen molar-refractivity contribution < 1.29 is 28.9 Å². The zero-order chi connectivity index (χ0) is 12.3. The van der Waals surface area contributed by atoms with Gasteiger partial charge in [-0.2, -0.15) is 5.06 Å². The summed E-state index contributed by atoms with van der Waals surface area (Å²) in [5.74, 6) is -0.641. The molecule has 1 amide bonds. The molecule has 8 heteroatoms. The normalized spacial score (nSPS) is 11.0. The van der Waals surface area contributed by atoms with Crippen molar-refractivity contribution in [2.45, 2.75) is 6.92 Å². The summed E-state index contributed by atoms with van der Waals surface area (Å²) in [6.07, 6.45) is 0. The second-order valence-electron chi connectivity index (χ2n) is 2.91. The lowest BCUT2D eigenvalue weighted by Crippen LogP contribution is -2.23. The van der Waals surface area contributed by atoms with Crippen LogP contribution in [0.25, 0.3) is 0 Å². The molecule has 0 aliphatic heterocycles. The molecular weight excluding hydrogens is 237 g/mol. The number of phosphoric ester groups is 1. The average Bonchev–Trinajstić information content (AvgIpc) is 2.15. The van der Waals surface area contributed by atoms with Gasteiger partial charge in [0.15, 0.2) is 0 Å². The summed E-state index contributed by atoms with van der Waals surface area (Å²) in [6.45, 7) is 1.17. The van der Waals surface area contributed by atoms with E-state index in [0.29, 0.717) is 5.06 Å². The number of carbonyl (C=O) groups excluding carboxylic acids is 1. The highest BCUT2D eigenvalue weighted by Gasteiger charge is 2.16. The Bertz CT molecular complexity index is 425. The summed E-state index contributed by atoms with van der Waals surface area (Å²) in [4.78, 5) is 27.8. The molecule has 1 aromatic rings. The average molecular weight is 247 g/mol. The first kappa shape index (κ1) is 12.7. The van der Waals surface area contributed by atoms with Crippen LogP contribution in [0.3, 0.4) is 0 Å². The molecule has 16 heavy (non-hydrogen) atoms.